The molecule has 6 heteroatoms. The average molecular weight is 330 g/mol. The predicted octanol–water partition coefficient (Wildman–Crippen LogP) is 3.18. The molecule has 0 radical (unpaired) electrons. The van der Waals surface area contributed by atoms with Crippen molar-refractivity contribution in [1.82, 2.24) is 10.2 Å². The molecule has 1 aliphatic heterocycles. The Hall–Kier alpha value is -0.970. The van der Waals surface area contributed by atoms with Gasteiger partial charge in [0.05, 0.1) is 15.7 Å². The van der Waals surface area contributed by atoms with E-state index in [1.165, 1.54) is 25.7 Å². The third-order valence-corrected chi connectivity index (χ3v) is 4.38. The fraction of sp³-hybridized carbons (Fsp3) is 0.533. The number of nitrogens with zero attached hydrogens (tertiary/aromatic N) is 1. The molecular weight excluding hydrogens is 309 g/mol. The molecule has 0 spiro atoms. The molecular formula is C15H21Cl2N3O. The molecule has 1 fully saturated rings. The van der Waals surface area contributed by atoms with E-state index >= 15 is 0 Å². The first kappa shape index (κ1) is 16.4. The maximum absolute atomic E-state index is 12.1. The van der Waals surface area contributed by atoms with Crippen LogP contribution in [0.15, 0.2) is 12.1 Å². The highest BCUT2D eigenvalue weighted by Crippen LogP contribution is 2.28. The highest BCUT2D eigenvalue weighted by molar-refractivity contribution is 6.39. The summed E-state index contributed by atoms with van der Waals surface area (Å²) in [6.45, 7) is 3.74. The van der Waals surface area contributed by atoms with Crippen molar-refractivity contribution in [2.75, 3.05) is 31.9 Å². The van der Waals surface area contributed by atoms with E-state index in [4.69, 9.17) is 28.9 Å². The van der Waals surface area contributed by atoms with Gasteiger partial charge in [0.25, 0.3) is 5.91 Å². The molecule has 3 N–H and O–H groups in total. The first-order chi connectivity index (χ1) is 10.1. The molecule has 0 saturated carbocycles. The van der Waals surface area contributed by atoms with Crippen molar-refractivity contribution < 1.29 is 4.79 Å². The van der Waals surface area contributed by atoms with Gasteiger partial charge in [0.2, 0.25) is 0 Å². The van der Waals surface area contributed by atoms with E-state index in [0.29, 0.717) is 27.8 Å². The molecule has 1 amide bonds. The monoisotopic (exact) mass is 329 g/mol. The van der Waals surface area contributed by atoms with Gasteiger partial charge in [-0.25, -0.2) is 0 Å². The van der Waals surface area contributed by atoms with E-state index in [1.807, 2.05) is 0 Å². The molecule has 0 aromatic heterocycles. The van der Waals surface area contributed by atoms with Crippen LogP contribution in [0.1, 0.15) is 36.0 Å². The van der Waals surface area contributed by atoms with Gasteiger partial charge in [-0.05, 0) is 38.1 Å². The number of hydrogen-bond acceptors (Lipinski definition) is 3. The summed E-state index contributed by atoms with van der Waals surface area (Å²) in [4.78, 5) is 14.5. The quantitative estimate of drug-likeness (QED) is 0.834. The topological polar surface area (TPSA) is 58.4 Å². The number of benzene rings is 1. The van der Waals surface area contributed by atoms with E-state index in [1.54, 1.807) is 12.1 Å². The number of nitrogen functional groups attached to an aromatic ring is 1. The van der Waals surface area contributed by atoms with Crippen LogP contribution in [0.4, 0.5) is 5.69 Å². The third-order valence-electron chi connectivity index (χ3n) is 3.75. The van der Waals surface area contributed by atoms with Crippen LogP contribution in [0, 0.1) is 0 Å². The summed E-state index contributed by atoms with van der Waals surface area (Å²) in [5.74, 6) is -0.173. The molecule has 116 valence electrons. The van der Waals surface area contributed by atoms with E-state index in [-0.39, 0.29) is 5.91 Å². The molecule has 2 rings (SSSR count). The first-order valence-corrected chi connectivity index (χ1v) is 8.08. The highest BCUT2D eigenvalue weighted by Gasteiger charge is 2.12. The van der Waals surface area contributed by atoms with Crippen molar-refractivity contribution in [2.45, 2.75) is 25.7 Å². The van der Waals surface area contributed by atoms with Gasteiger partial charge >= 0.3 is 0 Å². The smallest absolute Gasteiger partial charge is 0.251 e. The van der Waals surface area contributed by atoms with Gasteiger partial charge in [0.1, 0.15) is 0 Å². The van der Waals surface area contributed by atoms with Crippen LogP contribution >= 0.6 is 23.2 Å². The zero-order valence-electron chi connectivity index (χ0n) is 12.0. The summed E-state index contributed by atoms with van der Waals surface area (Å²) in [6, 6.07) is 3.09. The van der Waals surface area contributed by atoms with Gasteiger partial charge in [-0.3, -0.25) is 4.79 Å². The van der Waals surface area contributed by atoms with E-state index in [9.17, 15) is 4.79 Å². The Balaban J connectivity index is 1.84. The molecule has 1 aromatic carbocycles. The Kier molecular flexibility index (Phi) is 6.15. The minimum absolute atomic E-state index is 0.173. The van der Waals surface area contributed by atoms with E-state index in [0.717, 1.165) is 19.6 Å². The molecule has 0 bridgehead atoms. The minimum atomic E-state index is -0.173. The van der Waals surface area contributed by atoms with Crippen LogP contribution < -0.4 is 11.1 Å². The van der Waals surface area contributed by atoms with Gasteiger partial charge < -0.3 is 16.0 Å². The van der Waals surface area contributed by atoms with Crippen molar-refractivity contribution in [3.63, 3.8) is 0 Å². The number of amides is 1. The number of carbonyl (C=O) groups excluding carboxylic acids is 1. The molecule has 1 saturated heterocycles. The largest absolute Gasteiger partial charge is 0.396 e. The molecule has 0 atom stereocenters. The average Bonchev–Trinajstić information content (AvgIpc) is 2.73. The summed E-state index contributed by atoms with van der Waals surface area (Å²) < 4.78 is 0. The molecule has 4 nitrogen and oxygen atoms in total. The maximum Gasteiger partial charge on any atom is 0.251 e. The lowest BCUT2D eigenvalue weighted by Crippen LogP contribution is -2.35. The Labute approximate surface area is 135 Å². The lowest BCUT2D eigenvalue weighted by molar-refractivity contribution is 0.0948. The number of rotatable bonds is 4. The third kappa shape index (κ3) is 4.77. The second-order valence-corrected chi connectivity index (χ2v) is 6.18. The van der Waals surface area contributed by atoms with Gasteiger partial charge in [-0.2, -0.15) is 0 Å². The van der Waals surface area contributed by atoms with Crippen molar-refractivity contribution >= 4 is 34.8 Å². The number of hydrogen-bond donors (Lipinski definition) is 2. The summed E-state index contributed by atoms with van der Waals surface area (Å²) in [5.41, 5.74) is 6.41. The van der Waals surface area contributed by atoms with Gasteiger partial charge in [0.15, 0.2) is 0 Å². The number of anilines is 1. The zero-order chi connectivity index (χ0) is 15.2. The molecule has 1 heterocycles. The summed E-state index contributed by atoms with van der Waals surface area (Å²) in [5, 5.41) is 3.51. The minimum Gasteiger partial charge on any atom is -0.396 e. The number of nitrogens with two attached hydrogens (primary N) is 1. The van der Waals surface area contributed by atoms with Gasteiger partial charge in [-0.15, -0.1) is 0 Å². The second kappa shape index (κ2) is 7.87. The van der Waals surface area contributed by atoms with Crippen molar-refractivity contribution in [3.8, 4) is 0 Å². The fourth-order valence-electron chi connectivity index (χ4n) is 2.50. The zero-order valence-corrected chi connectivity index (χ0v) is 13.5. The van der Waals surface area contributed by atoms with Crippen molar-refractivity contribution in [2.24, 2.45) is 0 Å². The SMILES string of the molecule is Nc1c(Cl)cc(C(=O)NCCN2CCCCCC2)cc1Cl. The van der Waals surface area contributed by atoms with Crippen LogP contribution in [-0.4, -0.2) is 37.0 Å². The normalized spacial score (nSPS) is 16.5. The first-order valence-electron chi connectivity index (χ1n) is 7.33. The number of likely N-dealkylation sites (tertiary alicyclic amines) is 1. The standard InChI is InChI=1S/C15H21Cl2N3O/c16-12-9-11(10-13(17)14(12)18)15(21)19-5-8-20-6-3-1-2-4-7-20/h9-10H,1-8,18H2,(H,19,21). The number of nitrogens with one attached hydrogen (secondary N) is 1. The molecule has 21 heavy (non-hydrogen) atoms. The lowest BCUT2D eigenvalue weighted by Gasteiger charge is -2.19. The second-order valence-electron chi connectivity index (χ2n) is 5.37. The fourth-order valence-corrected chi connectivity index (χ4v) is 2.99. The Morgan fingerprint density at radius 1 is 1.14 bits per heavy atom. The maximum atomic E-state index is 12.1. The summed E-state index contributed by atoms with van der Waals surface area (Å²) in [7, 11) is 0. The van der Waals surface area contributed by atoms with Crippen LogP contribution in [0.3, 0.4) is 0 Å². The summed E-state index contributed by atoms with van der Waals surface area (Å²) in [6.07, 6.45) is 5.12. The van der Waals surface area contributed by atoms with E-state index < -0.39 is 0 Å². The van der Waals surface area contributed by atoms with Crippen molar-refractivity contribution in [1.29, 1.82) is 0 Å². The molecule has 1 aromatic rings. The van der Waals surface area contributed by atoms with Crippen LogP contribution in [0.2, 0.25) is 10.0 Å². The predicted molar refractivity (Wildman–Crippen MR) is 88.1 cm³/mol. The Morgan fingerprint density at radius 3 is 2.29 bits per heavy atom. The van der Waals surface area contributed by atoms with E-state index in [2.05, 4.69) is 10.2 Å². The molecule has 0 aliphatic carbocycles. The van der Waals surface area contributed by atoms with Crippen LogP contribution in [0.25, 0.3) is 0 Å². The van der Waals surface area contributed by atoms with Crippen LogP contribution in [0.5, 0.6) is 0 Å². The van der Waals surface area contributed by atoms with Crippen LogP contribution in [-0.2, 0) is 0 Å². The lowest BCUT2D eigenvalue weighted by atomic mass is 10.2. The highest BCUT2D eigenvalue weighted by atomic mass is 35.5. The number of halogens is 2. The van der Waals surface area contributed by atoms with Gasteiger partial charge in [-0.1, -0.05) is 36.0 Å². The molecule has 1 aliphatic rings. The molecule has 0 unspecified atom stereocenters. The Bertz CT molecular complexity index is 477. The number of carbonyl (C=O) groups is 1. The van der Waals surface area contributed by atoms with Gasteiger partial charge in [0, 0.05) is 18.7 Å². The van der Waals surface area contributed by atoms with Crippen molar-refractivity contribution in [3.05, 3.63) is 27.7 Å². The Morgan fingerprint density at radius 2 is 1.71 bits per heavy atom. The summed E-state index contributed by atoms with van der Waals surface area (Å²) >= 11 is 11.9.